The summed E-state index contributed by atoms with van der Waals surface area (Å²) in [6, 6.07) is 7.52. The molecule has 0 radical (unpaired) electrons. The molecular weight excluding hydrogens is 453 g/mol. The van der Waals surface area contributed by atoms with Crippen LogP contribution in [0.2, 0.25) is 0 Å². The van der Waals surface area contributed by atoms with Crippen molar-refractivity contribution in [2.24, 2.45) is 5.92 Å². The molecule has 0 aliphatic heterocycles. The lowest BCUT2D eigenvalue weighted by atomic mass is 9.86. The zero-order valence-corrected chi connectivity index (χ0v) is 20.9. The van der Waals surface area contributed by atoms with Crippen molar-refractivity contribution in [1.82, 2.24) is 19.7 Å². The summed E-state index contributed by atoms with van der Waals surface area (Å²) in [5.74, 6) is 1.13. The van der Waals surface area contributed by atoms with Crippen LogP contribution in [0.1, 0.15) is 56.6 Å². The lowest BCUT2D eigenvalue weighted by Gasteiger charge is -2.35. The maximum Gasteiger partial charge on any atom is 0.211 e. The number of benzene rings is 1. The molecule has 2 heterocycles. The monoisotopic (exact) mass is 487 g/mol. The van der Waals surface area contributed by atoms with Crippen LogP contribution in [0.25, 0.3) is 11.0 Å². The van der Waals surface area contributed by atoms with E-state index in [2.05, 4.69) is 24.6 Å². The molecule has 0 spiro atoms. The Hall–Kier alpha value is -2.52. The minimum Gasteiger partial charge on any atom is -0.356 e. The quantitative estimate of drug-likeness (QED) is 0.468. The van der Waals surface area contributed by atoms with E-state index in [1.807, 2.05) is 39.2 Å². The molecule has 4 rings (SSSR count). The Morgan fingerprint density at radius 2 is 1.94 bits per heavy atom. The number of sulfonamides is 1. The molecule has 0 saturated heterocycles. The summed E-state index contributed by atoms with van der Waals surface area (Å²) in [5.41, 5.74) is 2.30. The van der Waals surface area contributed by atoms with E-state index in [9.17, 15) is 12.8 Å². The predicted molar refractivity (Wildman–Crippen MR) is 134 cm³/mol. The second-order valence-corrected chi connectivity index (χ2v) is 11.5. The van der Waals surface area contributed by atoms with Crippen molar-refractivity contribution in [2.45, 2.75) is 57.9 Å². The topological polar surface area (TPSA) is 91.0 Å². The molecule has 1 fully saturated rings. The van der Waals surface area contributed by atoms with Gasteiger partial charge in [-0.1, -0.05) is 26.0 Å². The third kappa shape index (κ3) is 5.75. The summed E-state index contributed by atoms with van der Waals surface area (Å²) in [4.78, 5) is 14.0. The Balaban J connectivity index is 1.26. The average Bonchev–Trinajstić information content (AvgIpc) is 3.29. The number of anilines is 1. The number of nitrogens with zero attached hydrogens (tertiary/aromatic N) is 3. The number of halogens is 1. The summed E-state index contributed by atoms with van der Waals surface area (Å²) < 4.78 is 42.2. The van der Waals surface area contributed by atoms with E-state index in [4.69, 9.17) is 0 Å². The molecule has 0 amide bonds. The molecule has 3 aromatic rings. The molecule has 1 aliphatic carbocycles. The molecule has 0 unspecified atom stereocenters. The van der Waals surface area contributed by atoms with Crippen LogP contribution < -0.4 is 9.62 Å². The smallest absolute Gasteiger partial charge is 0.211 e. The second-order valence-electron chi connectivity index (χ2n) is 9.65. The van der Waals surface area contributed by atoms with E-state index in [-0.39, 0.29) is 30.0 Å². The van der Waals surface area contributed by atoms with Gasteiger partial charge >= 0.3 is 0 Å². The van der Waals surface area contributed by atoms with Crippen LogP contribution in [-0.4, -0.2) is 48.8 Å². The maximum atomic E-state index is 14.3. The number of aromatic amines is 1. The van der Waals surface area contributed by atoms with Crippen LogP contribution in [0.3, 0.4) is 0 Å². The molecule has 7 nitrogen and oxygen atoms in total. The van der Waals surface area contributed by atoms with Crippen molar-refractivity contribution < 1.29 is 12.8 Å². The average molecular weight is 488 g/mol. The van der Waals surface area contributed by atoms with Crippen molar-refractivity contribution in [1.29, 1.82) is 0 Å². The third-order valence-electron chi connectivity index (χ3n) is 6.95. The van der Waals surface area contributed by atoms with E-state index in [1.165, 1.54) is 0 Å². The Kier molecular flexibility index (Phi) is 7.52. The molecule has 34 heavy (non-hydrogen) atoms. The van der Waals surface area contributed by atoms with Gasteiger partial charge in [-0.3, -0.25) is 0 Å². The molecule has 2 N–H and O–H groups in total. The fourth-order valence-electron chi connectivity index (χ4n) is 4.85. The Labute approximate surface area is 201 Å². The maximum absolute atomic E-state index is 14.3. The zero-order chi connectivity index (χ0) is 24.3. The van der Waals surface area contributed by atoms with Crippen LogP contribution in [0, 0.1) is 11.7 Å². The molecule has 9 heteroatoms. The lowest BCUT2D eigenvalue weighted by Crippen LogP contribution is -2.38. The van der Waals surface area contributed by atoms with Gasteiger partial charge < -0.3 is 9.88 Å². The fraction of sp³-hybridized carbons (Fsp3) is 0.520. The summed E-state index contributed by atoms with van der Waals surface area (Å²) in [6.45, 7) is 4.24. The number of fused-ring (bicyclic) bond motifs is 1. The molecule has 1 aromatic carbocycles. The number of nitrogens with one attached hydrogen (secondary N) is 2. The van der Waals surface area contributed by atoms with Crippen LogP contribution in [-0.2, 0) is 16.4 Å². The standard InChI is InChI=1S/C25H34FN5O2S/c1-17(2)20-7-6-19(23(26)14-20)10-13-30-34(32,33)15-18-4-8-21(9-5-18)31(3)25-22-11-12-27-24(22)28-16-29-25/h6-7,11-12,14,16-18,21,30H,4-5,8-10,13,15H2,1-3H3,(H,27,28,29). The Morgan fingerprint density at radius 1 is 1.18 bits per heavy atom. The number of aromatic nitrogens is 3. The third-order valence-corrected chi connectivity index (χ3v) is 8.50. The van der Waals surface area contributed by atoms with Crippen molar-refractivity contribution >= 4 is 26.9 Å². The van der Waals surface area contributed by atoms with Gasteiger partial charge in [0.1, 0.15) is 23.6 Å². The van der Waals surface area contributed by atoms with E-state index < -0.39 is 10.0 Å². The van der Waals surface area contributed by atoms with Crippen molar-refractivity contribution in [3.8, 4) is 0 Å². The first-order valence-electron chi connectivity index (χ1n) is 12.0. The van der Waals surface area contributed by atoms with Gasteiger partial charge in [0.25, 0.3) is 0 Å². The van der Waals surface area contributed by atoms with Crippen molar-refractivity contribution in [2.75, 3.05) is 24.2 Å². The van der Waals surface area contributed by atoms with Crippen LogP contribution >= 0.6 is 0 Å². The molecule has 1 aliphatic rings. The first-order valence-corrected chi connectivity index (χ1v) is 13.7. The molecule has 0 atom stereocenters. The number of rotatable bonds is 9. The molecule has 0 bridgehead atoms. The van der Waals surface area contributed by atoms with E-state index in [1.54, 1.807) is 18.5 Å². The minimum absolute atomic E-state index is 0.119. The predicted octanol–water partition coefficient (Wildman–Crippen LogP) is 4.38. The van der Waals surface area contributed by atoms with Crippen LogP contribution in [0.4, 0.5) is 10.2 Å². The molecular formula is C25H34FN5O2S. The van der Waals surface area contributed by atoms with E-state index in [0.717, 1.165) is 48.1 Å². The van der Waals surface area contributed by atoms with Crippen molar-refractivity contribution in [3.05, 3.63) is 53.7 Å². The summed E-state index contributed by atoms with van der Waals surface area (Å²) in [7, 11) is -1.36. The van der Waals surface area contributed by atoms with Gasteiger partial charge in [0.05, 0.1) is 11.1 Å². The highest BCUT2D eigenvalue weighted by Gasteiger charge is 2.28. The number of H-pyrrole nitrogens is 1. The fourth-order valence-corrected chi connectivity index (χ4v) is 6.33. The second kappa shape index (κ2) is 10.4. The highest BCUT2D eigenvalue weighted by molar-refractivity contribution is 7.89. The van der Waals surface area contributed by atoms with E-state index in [0.29, 0.717) is 18.0 Å². The van der Waals surface area contributed by atoms with Gasteiger partial charge in [-0.2, -0.15) is 0 Å². The van der Waals surface area contributed by atoms with Crippen LogP contribution in [0.15, 0.2) is 36.8 Å². The summed E-state index contributed by atoms with van der Waals surface area (Å²) >= 11 is 0. The van der Waals surface area contributed by atoms with E-state index >= 15 is 0 Å². The highest BCUT2D eigenvalue weighted by Crippen LogP contribution is 2.32. The lowest BCUT2D eigenvalue weighted by molar-refractivity contribution is 0.340. The van der Waals surface area contributed by atoms with Gasteiger partial charge in [-0.05, 0) is 67.2 Å². The summed E-state index contributed by atoms with van der Waals surface area (Å²) in [5, 5.41) is 0.995. The summed E-state index contributed by atoms with van der Waals surface area (Å²) in [6.07, 6.45) is 7.30. The number of hydrogen-bond acceptors (Lipinski definition) is 5. The van der Waals surface area contributed by atoms with Crippen molar-refractivity contribution in [3.63, 3.8) is 0 Å². The van der Waals surface area contributed by atoms with Gasteiger partial charge in [0.15, 0.2) is 0 Å². The zero-order valence-electron chi connectivity index (χ0n) is 20.1. The Morgan fingerprint density at radius 3 is 2.65 bits per heavy atom. The molecule has 2 aromatic heterocycles. The van der Waals surface area contributed by atoms with Gasteiger partial charge in [0.2, 0.25) is 10.0 Å². The minimum atomic E-state index is -3.41. The first-order chi connectivity index (χ1) is 16.2. The normalized spacial score (nSPS) is 19.1. The largest absolute Gasteiger partial charge is 0.356 e. The van der Waals surface area contributed by atoms with Crippen LogP contribution in [0.5, 0.6) is 0 Å². The number of hydrogen-bond donors (Lipinski definition) is 2. The highest BCUT2D eigenvalue weighted by atomic mass is 32.2. The van der Waals surface area contributed by atoms with Gasteiger partial charge in [-0.25, -0.2) is 27.5 Å². The first kappa shape index (κ1) is 24.6. The van der Waals surface area contributed by atoms with Gasteiger partial charge in [-0.15, -0.1) is 0 Å². The van der Waals surface area contributed by atoms with Gasteiger partial charge in [0, 0.05) is 25.8 Å². The SMILES string of the molecule is CC(C)c1ccc(CCNS(=O)(=O)CC2CCC(N(C)c3ncnc4[nH]ccc34)CC2)c(F)c1. The molecule has 184 valence electrons. The molecule has 1 saturated carbocycles. The Bertz CT molecular complexity index is 1220.